The lowest BCUT2D eigenvalue weighted by molar-refractivity contribution is 0.0733. The van der Waals surface area contributed by atoms with Crippen molar-refractivity contribution in [2.24, 2.45) is 0 Å². The van der Waals surface area contributed by atoms with Crippen LogP contribution in [0.15, 0.2) is 59.2 Å². The van der Waals surface area contributed by atoms with E-state index in [0.717, 1.165) is 12.8 Å². The summed E-state index contributed by atoms with van der Waals surface area (Å²) in [6, 6.07) is 13.2. The molecule has 1 aliphatic rings. The topological polar surface area (TPSA) is 62.6 Å². The molecule has 0 aliphatic heterocycles. The smallest absolute Gasteiger partial charge is 0.291 e. The average Bonchev–Trinajstić information content (AvgIpc) is 3.16. The van der Waals surface area contributed by atoms with E-state index in [1.807, 2.05) is 0 Å². The molecular weight excluding hydrogens is 367 g/mol. The molecule has 2 amide bonds. The highest BCUT2D eigenvalue weighted by Crippen LogP contribution is 2.32. The van der Waals surface area contributed by atoms with Crippen molar-refractivity contribution in [3.63, 3.8) is 0 Å². The predicted octanol–water partition coefficient (Wildman–Crippen LogP) is 4.54. The van der Waals surface area contributed by atoms with Gasteiger partial charge in [-0.25, -0.2) is 4.39 Å². The first-order valence-corrected chi connectivity index (χ1v) is 9.42. The van der Waals surface area contributed by atoms with Crippen molar-refractivity contribution in [2.75, 3.05) is 5.32 Å². The number of nitrogens with zero attached hydrogens (tertiary/aromatic N) is 1. The Morgan fingerprint density at radius 1 is 1.15 bits per heavy atom. The molecule has 1 aliphatic carbocycles. The fourth-order valence-corrected chi connectivity index (χ4v) is 3.66. The molecule has 1 N–H and O–H groups in total. The molecule has 0 bridgehead atoms. The number of carbonyl (C=O) groups is 2. The summed E-state index contributed by atoms with van der Waals surface area (Å²) in [7, 11) is 0. The Hall–Kier alpha value is -2.93. The van der Waals surface area contributed by atoms with Crippen LogP contribution in [0.3, 0.4) is 0 Å². The first kappa shape index (κ1) is 17.5. The van der Waals surface area contributed by atoms with Crippen molar-refractivity contribution in [1.82, 2.24) is 4.90 Å². The monoisotopic (exact) mass is 384 g/mol. The Labute approximate surface area is 159 Å². The van der Waals surface area contributed by atoms with Crippen LogP contribution in [0, 0.1) is 5.82 Å². The summed E-state index contributed by atoms with van der Waals surface area (Å²) in [4.78, 5) is 27.2. The number of benzene rings is 1. The molecule has 0 atom stereocenters. The molecule has 138 valence electrons. The molecule has 0 spiro atoms. The van der Waals surface area contributed by atoms with Gasteiger partial charge in [0.15, 0.2) is 5.76 Å². The molecule has 7 heteroatoms. The molecule has 1 aromatic carbocycles. The second kappa shape index (κ2) is 7.36. The van der Waals surface area contributed by atoms with E-state index in [2.05, 4.69) is 5.32 Å². The third-order valence-electron chi connectivity index (χ3n) is 4.35. The largest absolute Gasteiger partial charge is 0.459 e. The van der Waals surface area contributed by atoms with Gasteiger partial charge in [-0.05, 0) is 43.2 Å². The number of thiophene rings is 1. The zero-order valence-corrected chi connectivity index (χ0v) is 15.2. The Morgan fingerprint density at radius 3 is 2.67 bits per heavy atom. The fourth-order valence-electron chi connectivity index (χ4n) is 2.81. The molecule has 0 saturated heterocycles. The van der Waals surface area contributed by atoms with E-state index in [1.165, 1.54) is 23.7 Å². The van der Waals surface area contributed by atoms with Gasteiger partial charge in [-0.1, -0.05) is 18.2 Å². The summed E-state index contributed by atoms with van der Waals surface area (Å²) in [6.07, 6.45) is 3.27. The number of rotatable bonds is 6. The molecule has 27 heavy (non-hydrogen) atoms. The third kappa shape index (κ3) is 3.93. The summed E-state index contributed by atoms with van der Waals surface area (Å²) in [5, 5.41) is 3.27. The van der Waals surface area contributed by atoms with Crippen LogP contribution < -0.4 is 5.32 Å². The minimum absolute atomic E-state index is 0.139. The molecule has 5 nitrogen and oxygen atoms in total. The number of hydrogen-bond donors (Lipinski definition) is 1. The third-order valence-corrected chi connectivity index (χ3v) is 5.33. The first-order valence-electron chi connectivity index (χ1n) is 8.61. The zero-order valence-electron chi connectivity index (χ0n) is 14.4. The molecule has 0 radical (unpaired) electrons. The average molecular weight is 384 g/mol. The van der Waals surface area contributed by atoms with E-state index in [4.69, 9.17) is 4.42 Å². The van der Waals surface area contributed by atoms with Gasteiger partial charge in [0.05, 0.1) is 16.1 Å². The highest BCUT2D eigenvalue weighted by atomic mass is 32.1. The van der Waals surface area contributed by atoms with E-state index in [0.29, 0.717) is 15.4 Å². The van der Waals surface area contributed by atoms with Crippen molar-refractivity contribution in [2.45, 2.75) is 25.4 Å². The lowest BCUT2D eigenvalue weighted by Gasteiger charge is -2.22. The first-order chi connectivity index (χ1) is 13.1. The van der Waals surface area contributed by atoms with Crippen LogP contribution in [-0.2, 0) is 6.54 Å². The minimum atomic E-state index is -0.369. The van der Waals surface area contributed by atoms with E-state index in [9.17, 15) is 14.0 Å². The molecule has 1 fully saturated rings. The Balaban J connectivity index is 1.48. The second-order valence-corrected chi connectivity index (χ2v) is 7.43. The summed E-state index contributed by atoms with van der Waals surface area (Å²) in [6.45, 7) is 0.238. The summed E-state index contributed by atoms with van der Waals surface area (Å²) in [5.74, 6) is -0.625. The number of hydrogen-bond acceptors (Lipinski definition) is 4. The summed E-state index contributed by atoms with van der Waals surface area (Å²) in [5.41, 5.74) is 0.501. The molecule has 4 rings (SSSR count). The van der Waals surface area contributed by atoms with Gasteiger partial charge in [0.25, 0.3) is 11.8 Å². The van der Waals surface area contributed by atoms with Crippen molar-refractivity contribution in [3.8, 4) is 0 Å². The van der Waals surface area contributed by atoms with Gasteiger partial charge in [-0.15, -0.1) is 11.3 Å². The SMILES string of the molecule is O=C(Nc1ccc(C(=O)N(Cc2ccccc2F)C2CC2)s1)c1ccco1. The van der Waals surface area contributed by atoms with Crippen molar-refractivity contribution >= 4 is 28.2 Å². The Morgan fingerprint density at radius 2 is 1.96 bits per heavy atom. The van der Waals surface area contributed by atoms with Gasteiger partial charge >= 0.3 is 0 Å². The van der Waals surface area contributed by atoms with Gasteiger partial charge in [0, 0.05) is 18.2 Å². The van der Waals surface area contributed by atoms with Crippen LogP contribution in [0.1, 0.15) is 38.6 Å². The van der Waals surface area contributed by atoms with E-state index >= 15 is 0 Å². The van der Waals surface area contributed by atoms with Crippen LogP contribution >= 0.6 is 11.3 Å². The molecular formula is C20H17FN2O3S. The number of nitrogens with one attached hydrogen (secondary N) is 1. The normalized spacial score (nSPS) is 13.4. The van der Waals surface area contributed by atoms with Crippen LogP contribution in [-0.4, -0.2) is 22.8 Å². The van der Waals surface area contributed by atoms with E-state index in [1.54, 1.807) is 47.4 Å². The van der Waals surface area contributed by atoms with Crippen LogP contribution in [0.4, 0.5) is 9.39 Å². The molecule has 2 aromatic heterocycles. The highest BCUT2D eigenvalue weighted by molar-refractivity contribution is 7.18. The number of carbonyl (C=O) groups excluding carboxylic acids is 2. The fraction of sp³-hybridized carbons (Fsp3) is 0.200. The Kier molecular flexibility index (Phi) is 4.77. The van der Waals surface area contributed by atoms with E-state index < -0.39 is 0 Å². The molecule has 2 heterocycles. The van der Waals surface area contributed by atoms with Gasteiger partial charge in [-0.2, -0.15) is 0 Å². The van der Waals surface area contributed by atoms with Crippen LogP contribution in [0.25, 0.3) is 0 Å². The molecule has 0 unspecified atom stereocenters. The summed E-state index contributed by atoms with van der Waals surface area (Å²) < 4.78 is 19.0. The Bertz CT molecular complexity index is 963. The van der Waals surface area contributed by atoms with Gasteiger partial charge in [0.2, 0.25) is 0 Å². The zero-order chi connectivity index (χ0) is 18.8. The van der Waals surface area contributed by atoms with Crippen molar-refractivity contribution < 1.29 is 18.4 Å². The maximum absolute atomic E-state index is 14.0. The summed E-state index contributed by atoms with van der Waals surface area (Å²) >= 11 is 1.20. The van der Waals surface area contributed by atoms with Crippen LogP contribution in [0.5, 0.6) is 0 Å². The quantitative estimate of drug-likeness (QED) is 0.679. The van der Waals surface area contributed by atoms with Crippen molar-refractivity contribution in [3.05, 3.63) is 76.8 Å². The number of anilines is 1. The van der Waals surface area contributed by atoms with Crippen molar-refractivity contribution in [1.29, 1.82) is 0 Å². The lowest BCUT2D eigenvalue weighted by Crippen LogP contribution is -2.32. The second-order valence-electron chi connectivity index (χ2n) is 6.35. The number of halogens is 1. The van der Waals surface area contributed by atoms with E-state index in [-0.39, 0.29) is 36.0 Å². The van der Waals surface area contributed by atoms with Gasteiger partial charge < -0.3 is 14.6 Å². The van der Waals surface area contributed by atoms with Gasteiger partial charge in [0.1, 0.15) is 5.82 Å². The standard InChI is InChI=1S/C20H17FN2O3S/c21-15-5-2-1-4-13(15)12-23(14-7-8-14)20(25)17-9-10-18(27-17)22-19(24)16-6-3-11-26-16/h1-6,9-11,14H,7-8,12H2,(H,22,24). The highest BCUT2D eigenvalue weighted by Gasteiger charge is 2.34. The maximum atomic E-state index is 14.0. The molecule has 1 saturated carbocycles. The lowest BCUT2D eigenvalue weighted by atomic mass is 10.2. The number of amides is 2. The van der Waals surface area contributed by atoms with Crippen LogP contribution in [0.2, 0.25) is 0 Å². The number of furan rings is 1. The predicted molar refractivity (Wildman–Crippen MR) is 100 cm³/mol. The maximum Gasteiger partial charge on any atom is 0.291 e. The molecule has 3 aromatic rings. The van der Waals surface area contributed by atoms with Gasteiger partial charge in [-0.3, -0.25) is 9.59 Å². The minimum Gasteiger partial charge on any atom is -0.459 e.